The lowest BCUT2D eigenvalue weighted by Gasteiger charge is -2.16. The molecule has 1 heterocycles. The fourth-order valence-corrected chi connectivity index (χ4v) is 2.73. The van der Waals surface area contributed by atoms with Crippen molar-refractivity contribution in [3.8, 4) is 17.1 Å². The summed E-state index contributed by atoms with van der Waals surface area (Å²) in [6.07, 6.45) is -0.0294. The Hall–Kier alpha value is -2.67. The van der Waals surface area contributed by atoms with Crippen molar-refractivity contribution in [3.05, 3.63) is 65.0 Å². The molecule has 0 aliphatic carbocycles. The topological polar surface area (TPSA) is 77.2 Å². The minimum atomic E-state index is -0.579. The van der Waals surface area contributed by atoms with Gasteiger partial charge in [0.2, 0.25) is 11.7 Å². The van der Waals surface area contributed by atoms with Crippen LogP contribution in [0, 0.1) is 0 Å². The summed E-state index contributed by atoms with van der Waals surface area (Å²) in [5.41, 5.74) is 0.833. The first kappa shape index (κ1) is 18.1. The molecule has 6 nitrogen and oxygen atoms in total. The predicted molar refractivity (Wildman–Crippen MR) is 100 cm³/mol. The quantitative estimate of drug-likeness (QED) is 0.631. The third kappa shape index (κ3) is 4.70. The average Bonchev–Trinajstić information content (AvgIpc) is 3.14. The van der Waals surface area contributed by atoms with E-state index < -0.39 is 6.10 Å². The van der Waals surface area contributed by atoms with Crippen LogP contribution in [0.1, 0.15) is 19.2 Å². The number of carbonyl (C=O) groups is 1. The SMILES string of the molecule is CC[C@@H](Oc1ccccc1)C(=O)NCc1nc(-c2cccc(Br)c2)no1. The van der Waals surface area contributed by atoms with Gasteiger partial charge in [0, 0.05) is 10.0 Å². The fraction of sp³-hybridized carbons (Fsp3) is 0.211. The Morgan fingerprint density at radius 1 is 1.23 bits per heavy atom. The summed E-state index contributed by atoms with van der Waals surface area (Å²) in [6.45, 7) is 2.04. The van der Waals surface area contributed by atoms with Crippen molar-refractivity contribution in [2.75, 3.05) is 0 Å². The highest BCUT2D eigenvalue weighted by Gasteiger charge is 2.19. The van der Waals surface area contributed by atoms with E-state index in [1.165, 1.54) is 0 Å². The molecule has 134 valence electrons. The van der Waals surface area contributed by atoms with Crippen LogP contribution in [0.3, 0.4) is 0 Å². The lowest BCUT2D eigenvalue weighted by Crippen LogP contribution is -2.37. The number of ether oxygens (including phenoxy) is 1. The van der Waals surface area contributed by atoms with Gasteiger partial charge in [0.15, 0.2) is 6.10 Å². The molecule has 0 spiro atoms. The summed E-state index contributed by atoms with van der Waals surface area (Å²) in [6, 6.07) is 16.9. The second kappa shape index (κ2) is 8.62. The monoisotopic (exact) mass is 415 g/mol. The van der Waals surface area contributed by atoms with E-state index in [0.29, 0.717) is 23.9 Å². The summed E-state index contributed by atoms with van der Waals surface area (Å²) < 4.78 is 11.9. The molecule has 3 rings (SSSR count). The van der Waals surface area contributed by atoms with Crippen LogP contribution in [0.15, 0.2) is 63.6 Å². The molecule has 1 amide bonds. The van der Waals surface area contributed by atoms with Crippen LogP contribution in [0.25, 0.3) is 11.4 Å². The van der Waals surface area contributed by atoms with E-state index >= 15 is 0 Å². The third-order valence-corrected chi connectivity index (χ3v) is 4.14. The Balaban J connectivity index is 1.59. The first-order valence-corrected chi connectivity index (χ1v) is 9.03. The number of hydrogen-bond donors (Lipinski definition) is 1. The van der Waals surface area contributed by atoms with Crippen molar-refractivity contribution in [2.45, 2.75) is 26.0 Å². The van der Waals surface area contributed by atoms with Crippen LogP contribution in [0.2, 0.25) is 0 Å². The van der Waals surface area contributed by atoms with Gasteiger partial charge in [-0.25, -0.2) is 0 Å². The minimum Gasteiger partial charge on any atom is -0.481 e. The average molecular weight is 416 g/mol. The maximum atomic E-state index is 12.3. The first-order chi connectivity index (χ1) is 12.7. The number of nitrogens with zero attached hydrogens (tertiary/aromatic N) is 2. The molecule has 1 N–H and O–H groups in total. The van der Waals surface area contributed by atoms with Crippen LogP contribution >= 0.6 is 15.9 Å². The van der Waals surface area contributed by atoms with E-state index in [0.717, 1.165) is 10.0 Å². The van der Waals surface area contributed by atoms with E-state index in [1.54, 1.807) is 0 Å². The van der Waals surface area contributed by atoms with Gasteiger partial charge in [-0.05, 0) is 30.7 Å². The maximum absolute atomic E-state index is 12.3. The van der Waals surface area contributed by atoms with Gasteiger partial charge >= 0.3 is 0 Å². The zero-order valence-corrected chi connectivity index (χ0v) is 15.8. The van der Waals surface area contributed by atoms with Crippen molar-refractivity contribution in [2.24, 2.45) is 0 Å². The molecule has 7 heteroatoms. The summed E-state index contributed by atoms with van der Waals surface area (Å²) in [4.78, 5) is 16.6. The maximum Gasteiger partial charge on any atom is 0.261 e. The van der Waals surface area contributed by atoms with Gasteiger partial charge < -0.3 is 14.6 Å². The highest BCUT2D eigenvalue weighted by atomic mass is 79.9. The number of para-hydroxylation sites is 1. The van der Waals surface area contributed by atoms with Crippen LogP contribution in [-0.4, -0.2) is 22.2 Å². The van der Waals surface area contributed by atoms with E-state index in [2.05, 4.69) is 31.4 Å². The van der Waals surface area contributed by atoms with Crippen molar-refractivity contribution >= 4 is 21.8 Å². The number of nitrogens with one attached hydrogen (secondary N) is 1. The molecule has 0 fully saturated rings. The summed E-state index contributed by atoms with van der Waals surface area (Å²) >= 11 is 3.41. The van der Waals surface area contributed by atoms with Gasteiger partial charge in [0.25, 0.3) is 5.91 Å². The number of hydrogen-bond acceptors (Lipinski definition) is 5. The van der Waals surface area contributed by atoms with Gasteiger partial charge in [0.05, 0.1) is 6.54 Å². The Labute approximate surface area is 159 Å². The second-order valence-electron chi connectivity index (χ2n) is 5.57. The largest absolute Gasteiger partial charge is 0.481 e. The number of benzene rings is 2. The third-order valence-electron chi connectivity index (χ3n) is 3.65. The number of carbonyl (C=O) groups excluding carboxylic acids is 1. The molecule has 1 atom stereocenters. The standard InChI is InChI=1S/C19H18BrN3O3/c1-2-16(25-15-9-4-3-5-10-15)19(24)21-12-17-22-18(23-26-17)13-7-6-8-14(20)11-13/h3-11,16H,2,12H2,1H3,(H,21,24)/t16-/m1/s1. The molecule has 26 heavy (non-hydrogen) atoms. The molecule has 0 bridgehead atoms. The molecule has 3 aromatic rings. The van der Waals surface area contributed by atoms with E-state index in [1.807, 2.05) is 61.5 Å². The smallest absolute Gasteiger partial charge is 0.261 e. The molecule has 0 unspecified atom stereocenters. The van der Waals surface area contributed by atoms with E-state index in [9.17, 15) is 4.79 Å². The lowest BCUT2D eigenvalue weighted by atomic mass is 10.2. The summed E-state index contributed by atoms with van der Waals surface area (Å²) in [5.74, 6) is 1.24. The molecule has 0 saturated heterocycles. The van der Waals surface area contributed by atoms with Crippen LogP contribution in [-0.2, 0) is 11.3 Å². The highest BCUT2D eigenvalue weighted by molar-refractivity contribution is 9.10. The van der Waals surface area contributed by atoms with E-state index in [-0.39, 0.29) is 12.5 Å². The second-order valence-corrected chi connectivity index (χ2v) is 6.48. The predicted octanol–water partition coefficient (Wildman–Crippen LogP) is 3.97. The molecule has 1 aromatic heterocycles. The van der Waals surface area contributed by atoms with Crippen molar-refractivity contribution in [1.82, 2.24) is 15.5 Å². The number of rotatable bonds is 7. The van der Waals surface area contributed by atoms with Crippen molar-refractivity contribution < 1.29 is 14.1 Å². The van der Waals surface area contributed by atoms with Crippen molar-refractivity contribution in [1.29, 1.82) is 0 Å². The Bertz CT molecular complexity index is 867. The van der Waals surface area contributed by atoms with Gasteiger partial charge in [-0.1, -0.05) is 58.3 Å². The van der Waals surface area contributed by atoms with Gasteiger partial charge in [-0.2, -0.15) is 4.98 Å². The highest BCUT2D eigenvalue weighted by Crippen LogP contribution is 2.20. The van der Waals surface area contributed by atoms with Crippen LogP contribution in [0.4, 0.5) is 0 Å². The van der Waals surface area contributed by atoms with Gasteiger partial charge in [-0.15, -0.1) is 0 Å². The van der Waals surface area contributed by atoms with Crippen LogP contribution in [0.5, 0.6) is 5.75 Å². The first-order valence-electron chi connectivity index (χ1n) is 8.23. The number of aromatic nitrogens is 2. The summed E-state index contributed by atoms with van der Waals surface area (Å²) in [5, 5.41) is 6.73. The fourth-order valence-electron chi connectivity index (χ4n) is 2.33. The Morgan fingerprint density at radius 3 is 2.77 bits per heavy atom. The molecule has 2 aromatic carbocycles. The Morgan fingerprint density at radius 2 is 2.04 bits per heavy atom. The number of amides is 1. The number of halogens is 1. The zero-order valence-electron chi connectivity index (χ0n) is 14.2. The molecule has 0 aliphatic heterocycles. The molecule has 0 radical (unpaired) electrons. The normalized spacial score (nSPS) is 11.8. The molecular weight excluding hydrogens is 398 g/mol. The van der Waals surface area contributed by atoms with Gasteiger partial charge in [0.1, 0.15) is 5.75 Å². The minimum absolute atomic E-state index is 0.147. The van der Waals surface area contributed by atoms with Crippen LogP contribution < -0.4 is 10.1 Å². The Kier molecular flexibility index (Phi) is 6.01. The lowest BCUT2D eigenvalue weighted by molar-refractivity contribution is -0.128. The molecular formula is C19H18BrN3O3. The van der Waals surface area contributed by atoms with E-state index in [4.69, 9.17) is 9.26 Å². The molecule has 0 aliphatic rings. The van der Waals surface area contributed by atoms with Gasteiger partial charge in [-0.3, -0.25) is 4.79 Å². The summed E-state index contributed by atoms with van der Waals surface area (Å²) in [7, 11) is 0. The van der Waals surface area contributed by atoms with Crippen molar-refractivity contribution in [3.63, 3.8) is 0 Å². The molecule has 0 saturated carbocycles. The zero-order chi connectivity index (χ0) is 18.4.